The van der Waals surface area contributed by atoms with Crippen LogP contribution in [0.2, 0.25) is 24.2 Å². The van der Waals surface area contributed by atoms with E-state index >= 15 is 0 Å². The Labute approximate surface area is 376 Å². The van der Waals surface area contributed by atoms with E-state index in [9.17, 15) is 32.3 Å². The van der Waals surface area contributed by atoms with Crippen molar-refractivity contribution in [2.45, 2.75) is 84.7 Å². The van der Waals surface area contributed by atoms with E-state index in [2.05, 4.69) is 62.2 Å². The number of benzene rings is 2. The van der Waals surface area contributed by atoms with Gasteiger partial charge in [-0.3, -0.25) is 14.4 Å². The van der Waals surface area contributed by atoms with Crippen LogP contribution >= 0.6 is 11.6 Å². The van der Waals surface area contributed by atoms with Crippen molar-refractivity contribution < 1.29 is 41.8 Å². The lowest BCUT2D eigenvalue weighted by molar-refractivity contribution is -0.274. The summed E-state index contributed by atoms with van der Waals surface area (Å²) in [4.78, 5) is 70.6. The first kappa shape index (κ1) is 46.4. The second-order valence-corrected chi connectivity index (χ2v) is 24.2. The Kier molecular flexibility index (Phi) is 12.9. The van der Waals surface area contributed by atoms with Gasteiger partial charge in [-0.1, -0.05) is 76.7 Å². The number of alkyl carbamates (subject to hydrolysis) is 1. The summed E-state index contributed by atoms with van der Waals surface area (Å²) in [5.74, 6) is -0.166. The van der Waals surface area contributed by atoms with Crippen LogP contribution in [0.15, 0.2) is 60.9 Å². The van der Waals surface area contributed by atoms with Crippen molar-refractivity contribution >= 4 is 55.0 Å². The molecule has 1 aliphatic carbocycles. The zero-order valence-electron chi connectivity index (χ0n) is 37.1. The van der Waals surface area contributed by atoms with Gasteiger partial charge in [0.1, 0.15) is 23.4 Å². The van der Waals surface area contributed by atoms with Gasteiger partial charge in [-0.15, -0.1) is 13.2 Å². The number of amides is 4. The van der Waals surface area contributed by atoms with E-state index in [0.29, 0.717) is 54.3 Å². The third-order valence-corrected chi connectivity index (χ3v) is 15.4. The number of aromatic amines is 1. The number of anilines is 2. The number of H-pyrrole nitrogens is 1. The summed E-state index contributed by atoms with van der Waals surface area (Å²) in [5.41, 5.74) is 1.81. The van der Waals surface area contributed by atoms with Crippen molar-refractivity contribution in [3.8, 4) is 28.1 Å². The Bertz CT molecular complexity index is 2410. The molecule has 64 heavy (non-hydrogen) atoms. The highest BCUT2D eigenvalue weighted by molar-refractivity contribution is 6.78. The molecule has 19 heteroatoms. The van der Waals surface area contributed by atoms with Crippen molar-refractivity contribution in [2.24, 2.45) is 17.3 Å². The average molecular weight is 924 g/mol. The standard InChI is InChI=1S/C45H54ClF3N8O6Si/c1-25(2)38(54-43(61)62-6)42(60)57-24-64(7,8)23-35(57)39-51-21-34(52-39)28-11-9-27(10-12-28)30-17-32(46)33(18-36(30)63-45(47,48)49)53-40(58)29-13-14-37(50-20-29)56-16-15-55(22-26(56)3)41(59)31-19-44(31,4)5/h9-14,17-18,20-21,25-26,31,35,38H,15-16,19,22-24H2,1-8H3,(H,51,52)(H,53,58)(H,54,61). The number of hydrogen-bond acceptors (Lipinski definition) is 9. The number of ether oxygens (including phenoxy) is 2. The molecule has 4 amide bonds. The number of halogens is 4. The average Bonchev–Trinajstić information content (AvgIpc) is 3.50. The first-order valence-electron chi connectivity index (χ1n) is 21.3. The van der Waals surface area contributed by atoms with Crippen LogP contribution in [0.4, 0.5) is 29.5 Å². The normalized spacial score (nSPS) is 20.8. The summed E-state index contributed by atoms with van der Waals surface area (Å²) < 4.78 is 50.7. The van der Waals surface area contributed by atoms with Crippen LogP contribution in [0.5, 0.6) is 5.75 Å². The third-order valence-electron chi connectivity index (χ3n) is 12.4. The minimum atomic E-state index is -5.06. The van der Waals surface area contributed by atoms with Gasteiger partial charge in [0.25, 0.3) is 5.91 Å². The molecule has 4 aromatic rings. The summed E-state index contributed by atoms with van der Waals surface area (Å²) in [7, 11) is -0.625. The molecule has 4 heterocycles. The molecule has 1 saturated carbocycles. The lowest BCUT2D eigenvalue weighted by Crippen LogP contribution is -2.54. The molecule has 2 aromatic carbocycles. The molecular weight excluding hydrogens is 869 g/mol. The highest BCUT2D eigenvalue weighted by Crippen LogP contribution is 2.52. The summed E-state index contributed by atoms with van der Waals surface area (Å²) in [6.45, 7) is 16.0. The maximum atomic E-state index is 13.9. The molecule has 0 radical (unpaired) electrons. The molecule has 342 valence electrons. The molecular formula is C45H54ClF3N8O6Si. The summed E-state index contributed by atoms with van der Waals surface area (Å²) >= 11 is 6.62. The Morgan fingerprint density at radius 2 is 1.69 bits per heavy atom. The largest absolute Gasteiger partial charge is 0.573 e. The smallest absolute Gasteiger partial charge is 0.453 e. The number of aromatic nitrogens is 3. The minimum Gasteiger partial charge on any atom is -0.453 e. The Hall–Kier alpha value is -5.62. The van der Waals surface area contributed by atoms with E-state index in [1.54, 1.807) is 47.5 Å². The van der Waals surface area contributed by atoms with Gasteiger partial charge >= 0.3 is 12.5 Å². The molecule has 4 atom stereocenters. The van der Waals surface area contributed by atoms with Gasteiger partial charge in [0.15, 0.2) is 0 Å². The second kappa shape index (κ2) is 17.7. The highest BCUT2D eigenvalue weighted by atomic mass is 35.5. The first-order chi connectivity index (χ1) is 30.0. The number of carbonyl (C=O) groups excluding carboxylic acids is 4. The number of hydrogen-bond donors (Lipinski definition) is 3. The molecule has 7 rings (SSSR count). The number of alkyl halides is 3. The number of nitrogens with one attached hydrogen (secondary N) is 3. The van der Waals surface area contributed by atoms with Crippen LogP contribution in [-0.4, -0.2) is 108 Å². The van der Waals surface area contributed by atoms with Crippen molar-refractivity contribution in [1.82, 2.24) is 30.1 Å². The van der Waals surface area contributed by atoms with Crippen molar-refractivity contribution in [2.75, 3.05) is 43.1 Å². The fraction of sp³-hybridized carbons (Fsp3) is 0.467. The molecule has 2 aliphatic heterocycles. The molecule has 2 aromatic heterocycles. The van der Waals surface area contributed by atoms with Crippen molar-refractivity contribution in [3.05, 3.63) is 77.3 Å². The number of piperazine rings is 1. The van der Waals surface area contributed by atoms with Crippen LogP contribution < -0.4 is 20.3 Å². The van der Waals surface area contributed by atoms with E-state index in [1.807, 2.05) is 25.7 Å². The Morgan fingerprint density at radius 3 is 2.28 bits per heavy atom. The van der Waals surface area contributed by atoms with Crippen LogP contribution in [0.1, 0.15) is 63.3 Å². The number of pyridine rings is 1. The second-order valence-electron chi connectivity index (χ2n) is 18.8. The zero-order chi connectivity index (χ0) is 46.5. The Morgan fingerprint density at radius 1 is 1.00 bits per heavy atom. The van der Waals surface area contributed by atoms with Gasteiger partial charge in [0, 0.05) is 55.6 Å². The molecule has 4 unspecified atom stereocenters. The molecule has 3 fully saturated rings. The predicted molar refractivity (Wildman–Crippen MR) is 240 cm³/mol. The van der Waals surface area contributed by atoms with E-state index in [1.165, 1.54) is 19.4 Å². The predicted octanol–water partition coefficient (Wildman–Crippen LogP) is 8.54. The molecule has 0 bridgehead atoms. The molecule has 3 N–H and O–H groups in total. The fourth-order valence-electron chi connectivity index (χ4n) is 8.68. The molecule has 14 nitrogen and oxygen atoms in total. The number of rotatable bonds is 11. The maximum Gasteiger partial charge on any atom is 0.573 e. The number of nitrogens with zero attached hydrogens (tertiary/aromatic N) is 5. The van der Waals surface area contributed by atoms with Gasteiger partial charge in [-0.05, 0) is 60.0 Å². The van der Waals surface area contributed by atoms with Crippen LogP contribution in [0, 0.1) is 17.3 Å². The van der Waals surface area contributed by atoms with Gasteiger partial charge in [0.05, 0.1) is 49.4 Å². The number of methoxy groups -OCH3 is 1. The lowest BCUT2D eigenvalue weighted by atomic mass is 10.0. The Balaban J connectivity index is 1.05. The van der Waals surface area contributed by atoms with Gasteiger partial charge in [-0.25, -0.2) is 14.8 Å². The molecule has 3 aliphatic rings. The molecule has 2 saturated heterocycles. The first-order valence-corrected chi connectivity index (χ1v) is 25.1. The summed E-state index contributed by atoms with van der Waals surface area (Å²) in [6.07, 6.45) is -1.24. The zero-order valence-corrected chi connectivity index (χ0v) is 38.9. The monoisotopic (exact) mass is 922 g/mol. The maximum absolute atomic E-state index is 13.9. The topological polar surface area (TPSA) is 162 Å². The summed E-state index contributed by atoms with van der Waals surface area (Å²) in [6, 6.07) is 11.9. The lowest BCUT2D eigenvalue weighted by Gasteiger charge is -2.40. The quantitative estimate of drug-likeness (QED) is 0.125. The minimum absolute atomic E-state index is 0.00537. The SMILES string of the molecule is COC(=O)NC(C(=O)N1C[Si](C)(C)CC1c1ncc(-c2ccc(-c3cc(Cl)c(NC(=O)c4ccc(N5CCN(C(=O)C6CC6(C)C)CC5C)nc4)cc3OC(F)(F)F)cc2)[nH]1)C(C)C. The summed E-state index contributed by atoms with van der Waals surface area (Å²) in [5, 5.41) is 5.25. The van der Waals surface area contributed by atoms with Gasteiger partial charge in [0.2, 0.25) is 11.8 Å². The highest BCUT2D eigenvalue weighted by Gasteiger charge is 2.52. The van der Waals surface area contributed by atoms with E-state index < -0.39 is 38.2 Å². The van der Waals surface area contributed by atoms with E-state index in [4.69, 9.17) is 16.3 Å². The van der Waals surface area contributed by atoms with E-state index in [0.717, 1.165) is 18.5 Å². The third kappa shape index (κ3) is 10.2. The van der Waals surface area contributed by atoms with Gasteiger partial charge < -0.3 is 39.8 Å². The van der Waals surface area contributed by atoms with Crippen molar-refractivity contribution in [1.29, 1.82) is 0 Å². The number of carbonyl (C=O) groups is 4. The van der Waals surface area contributed by atoms with Crippen LogP contribution in [0.25, 0.3) is 22.4 Å². The molecule has 0 spiro atoms. The number of imidazole rings is 1. The van der Waals surface area contributed by atoms with Crippen LogP contribution in [-0.2, 0) is 14.3 Å². The van der Waals surface area contributed by atoms with E-state index in [-0.39, 0.29) is 63.0 Å². The van der Waals surface area contributed by atoms with Gasteiger partial charge in [-0.2, -0.15) is 0 Å². The fourth-order valence-corrected chi connectivity index (χ4v) is 11.8. The van der Waals surface area contributed by atoms with Crippen LogP contribution in [0.3, 0.4) is 0 Å². The van der Waals surface area contributed by atoms with Crippen molar-refractivity contribution in [3.63, 3.8) is 0 Å².